The average molecular weight is 334 g/mol. The molecule has 7 nitrogen and oxygen atoms in total. The van der Waals surface area contributed by atoms with E-state index in [9.17, 15) is 0 Å². The van der Waals surface area contributed by atoms with Crippen LogP contribution in [0.4, 0.5) is 5.00 Å². The number of aryl methyl sites for hydroxylation is 1. The van der Waals surface area contributed by atoms with Crippen molar-refractivity contribution in [1.29, 1.82) is 0 Å². The molecule has 0 atom stereocenters. The molecule has 3 rings (SSSR count). The summed E-state index contributed by atoms with van der Waals surface area (Å²) in [5.74, 6) is 1.99. The molecule has 2 aromatic heterocycles. The Labute approximate surface area is 139 Å². The lowest BCUT2D eigenvalue weighted by atomic mass is 10.1. The first-order valence-electron chi connectivity index (χ1n) is 7.79. The molecular weight excluding hydrogens is 312 g/mol. The van der Waals surface area contributed by atoms with Crippen LogP contribution in [0.1, 0.15) is 24.6 Å². The highest BCUT2D eigenvalue weighted by atomic mass is 32.1. The van der Waals surface area contributed by atoms with Crippen molar-refractivity contribution in [1.82, 2.24) is 20.8 Å². The van der Waals surface area contributed by atoms with Gasteiger partial charge in [-0.25, -0.2) is 0 Å². The molecule has 0 aromatic carbocycles. The van der Waals surface area contributed by atoms with E-state index in [1.54, 1.807) is 25.3 Å². The van der Waals surface area contributed by atoms with Crippen molar-refractivity contribution in [3.8, 4) is 0 Å². The van der Waals surface area contributed by atoms with Crippen molar-refractivity contribution in [2.45, 2.75) is 32.4 Å². The highest BCUT2D eigenvalue weighted by molar-refractivity contribution is 7.14. The molecule has 0 spiro atoms. The van der Waals surface area contributed by atoms with E-state index in [2.05, 4.69) is 48.2 Å². The molecule has 8 heteroatoms. The quantitative estimate of drug-likeness (QED) is 0.655. The summed E-state index contributed by atoms with van der Waals surface area (Å²) in [6, 6.07) is 4.73. The summed E-state index contributed by atoms with van der Waals surface area (Å²) in [7, 11) is 1.78. The van der Waals surface area contributed by atoms with Gasteiger partial charge in [-0.05, 0) is 30.4 Å². The zero-order valence-corrected chi connectivity index (χ0v) is 14.3. The number of piperidine rings is 1. The summed E-state index contributed by atoms with van der Waals surface area (Å²) >= 11 is 1.80. The van der Waals surface area contributed by atoms with Gasteiger partial charge >= 0.3 is 0 Å². The Bertz CT molecular complexity index is 630. The predicted molar refractivity (Wildman–Crippen MR) is 91.9 cm³/mol. The smallest absolute Gasteiger partial charge is 0.223 e. The minimum Gasteiger partial charge on any atom is -0.363 e. The van der Waals surface area contributed by atoms with E-state index in [-0.39, 0.29) is 0 Å². The van der Waals surface area contributed by atoms with Gasteiger partial charge in [0.2, 0.25) is 5.89 Å². The molecular formula is C15H22N6OS. The number of nitrogens with zero attached hydrogens (tertiary/aromatic N) is 4. The molecule has 0 amide bonds. The Balaban J connectivity index is 1.45. The average Bonchev–Trinajstić information content (AvgIpc) is 3.24. The molecule has 3 heterocycles. The van der Waals surface area contributed by atoms with Gasteiger partial charge in [-0.15, -0.1) is 11.3 Å². The highest BCUT2D eigenvalue weighted by Gasteiger charge is 2.20. The highest BCUT2D eigenvalue weighted by Crippen LogP contribution is 2.24. The van der Waals surface area contributed by atoms with E-state index in [0.29, 0.717) is 24.3 Å². The lowest BCUT2D eigenvalue weighted by Crippen LogP contribution is -2.48. The van der Waals surface area contributed by atoms with Crippen LogP contribution in [0.25, 0.3) is 0 Å². The summed E-state index contributed by atoms with van der Waals surface area (Å²) in [4.78, 5) is 10.9. The molecule has 0 radical (unpaired) electrons. The number of hydrogen-bond acceptors (Lipinski definition) is 6. The Morgan fingerprint density at radius 2 is 2.30 bits per heavy atom. The second-order valence-corrected chi connectivity index (χ2v) is 6.44. The molecule has 1 fully saturated rings. The second-order valence-electron chi connectivity index (χ2n) is 5.51. The van der Waals surface area contributed by atoms with E-state index >= 15 is 0 Å². The van der Waals surface area contributed by atoms with Crippen molar-refractivity contribution in [3.05, 3.63) is 29.2 Å². The number of anilines is 1. The van der Waals surface area contributed by atoms with Crippen LogP contribution in [-0.4, -0.2) is 42.3 Å². The Kier molecular flexibility index (Phi) is 5.12. The fourth-order valence-electron chi connectivity index (χ4n) is 2.66. The first-order valence-corrected chi connectivity index (χ1v) is 8.67. The van der Waals surface area contributed by atoms with Gasteiger partial charge in [0, 0.05) is 33.1 Å². The van der Waals surface area contributed by atoms with Crippen LogP contribution in [0, 0.1) is 6.92 Å². The fraction of sp³-hybridized carbons (Fsp3) is 0.533. The van der Waals surface area contributed by atoms with Crippen LogP contribution in [0.5, 0.6) is 0 Å². The van der Waals surface area contributed by atoms with Crippen LogP contribution in [0.15, 0.2) is 27.0 Å². The van der Waals surface area contributed by atoms with E-state index in [0.717, 1.165) is 31.9 Å². The van der Waals surface area contributed by atoms with Gasteiger partial charge < -0.3 is 20.1 Å². The first-order chi connectivity index (χ1) is 11.2. The first kappa shape index (κ1) is 15.8. The summed E-state index contributed by atoms with van der Waals surface area (Å²) in [6.07, 6.45) is 2.19. The third-order valence-corrected chi connectivity index (χ3v) is 4.79. The molecule has 2 aromatic rings. The minimum absolute atomic E-state index is 0.435. The van der Waals surface area contributed by atoms with Gasteiger partial charge in [-0.1, -0.05) is 5.16 Å². The van der Waals surface area contributed by atoms with Crippen LogP contribution in [0.2, 0.25) is 0 Å². The molecule has 1 saturated heterocycles. The van der Waals surface area contributed by atoms with E-state index in [4.69, 9.17) is 4.52 Å². The zero-order valence-electron chi connectivity index (χ0n) is 13.5. The lowest BCUT2D eigenvalue weighted by molar-refractivity contribution is 0.386. The van der Waals surface area contributed by atoms with Gasteiger partial charge in [0.25, 0.3) is 0 Å². The molecule has 0 saturated carbocycles. The summed E-state index contributed by atoms with van der Waals surface area (Å²) < 4.78 is 4.96. The largest absolute Gasteiger partial charge is 0.363 e. The maximum absolute atomic E-state index is 4.96. The Morgan fingerprint density at radius 1 is 1.48 bits per heavy atom. The van der Waals surface area contributed by atoms with E-state index < -0.39 is 0 Å². The topological polar surface area (TPSA) is 78.6 Å². The molecule has 0 bridgehead atoms. The molecule has 1 aliphatic rings. The van der Waals surface area contributed by atoms with Gasteiger partial charge in [-0.3, -0.25) is 4.99 Å². The number of aliphatic imine (C=N–C) groups is 1. The fourth-order valence-corrected chi connectivity index (χ4v) is 3.44. The number of aromatic nitrogens is 2. The Hall–Kier alpha value is -2.09. The summed E-state index contributed by atoms with van der Waals surface area (Å²) in [5.41, 5.74) is 0. The number of thiophene rings is 1. The van der Waals surface area contributed by atoms with Crippen LogP contribution in [0.3, 0.4) is 0 Å². The Morgan fingerprint density at radius 3 is 2.91 bits per heavy atom. The lowest BCUT2D eigenvalue weighted by Gasteiger charge is -2.33. The maximum atomic E-state index is 4.96. The molecule has 0 aliphatic carbocycles. The van der Waals surface area contributed by atoms with Gasteiger partial charge in [0.15, 0.2) is 11.8 Å². The number of nitrogens with one attached hydrogen (secondary N) is 2. The predicted octanol–water partition coefficient (Wildman–Crippen LogP) is 1.77. The van der Waals surface area contributed by atoms with Crippen molar-refractivity contribution in [3.63, 3.8) is 0 Å². The monoisotopic (exact) mass is 334 g/mol. The van der Waals surface area contributed by atoms with E-state index in [1.165, 1.54) is 5.00 Å². The number of hydrogen-bond donors (Lipinski definition) is 2. The third kappa shape index (κ3) is 4.22. The van der Waals surface area contributed by atoms with Gasteiger partial charge in [0.05, 0.1) is 11.5 Å². The maximum Gasteiger partial charge on any atom is 0.223 e. The molecule has 124 valence electrons. The third-order valence-electron chi connectivity index (χ3n) is 3.86. The van der Waals surface area contributed by atoms with Crippen molar-refractivity contribution < 1.29 is 4.52 Å². The van der Waals surface area contributed by atoms with Crippen molar-refractivity contribution in [2.75, 3.05) is 25.0 Å². The number of guanidine groups is 1. The normalized spacial score (nSPS) is 16.6. The summed E-state index contributed by atoms with van der Waals surface area (Å²) in [5, 5.41) is 14.1. The zero-order chi connectivity index (χ0) is 16.1. The standard InChI is InChI=1S/C15H22N6OS/c1-11-18-13(20-22-11)10-17-15(16-2)19-12-5-7-21(8-6-12)14-4-3-9-23-14/h3-4,9,12H,5-8,10H2,1-2H3,(H2,16,17,19). The van der Waals surface area contributed by atoms with Crippen molar-refractivity contribution in [2.24, 2.45) is 4.99 Å². The van der Waals surface area contributed by atoms with Crippen LogP contribution in [-0.2, 0) is 6.54 Å². The van der Waals surface area contributed by atoms with Crippen LogP contribution < -0.4 is 15.5 Å². The van der Waals surface area contributed by atoms with Crippen LogP contribution >= 0.6 is 11.3 Å². The van der Waals surface area contributed by atoms with Gasteiger partial charge in [-0.2, -0.15) is 4.98 Å². The van der Waals surface area contributed by atoms with E-state index in [1.807, 2.05) is 0 Å². The molecule has 1 aliphatic heterocycles. The number of rotatable bonds is 4. The summed E-state index contributed by atoms with van der Waals surface area (Å²) in [6.45, 7) is 4.43. The minimum atomic E-state index is 0.435. The molecule has 0 unspecified atom stereocenters. The van der Waals surface area contributed by atoms with Gasteiger partial charge in [0.1, 0.15) is 0 Å². The molecule has 23 heavy (non-hydrogen) atoms. The molecule has 2 N–H and O–H groups in total. The van der Waals surface area contributed by atoms with Crippen molar-refractivity contribution >= 4 is 22.3 Å². The SMILES string of the molecule is CN=C(NCc1noc(C)n1)NC1CCN(c2cccs2)CC1. The second kappa shape index (κ2) is 7.45.